The van der Waals surface area contributed by atoms with E-state index in [-0.39, 0.29) is 21.7 Å². The zero-order valence-electron chi connectivity index (χ0n) is 9.82. The first-order valence-corrected chi connectivity index (χ1v) is 7.29. The molecule has 0 atom stereocenters. The first kappa shape index (κ1) is 14.0. The van der Waals surface area contributed by atoms with E-state index in [0.29, 0.717) is 5.69 Å². The lowest BCUT2D eigenvalue weighted by molar-refractivity contribution is -0.118. The van der Waals surface area contributed by atoms with Crippen molar-refractivity contribution in [3.05, 3.63) is 23.2 Å². The number of hydrogen-bond acceptors (Lipinski definition) is 3. The van der Waals surface area contributed by atoms with Gasteiger partial charge in [-0.25, -0.2) is 8.42 Å². The Balaban J connectivity index is 3.10. The largest absolute Gasteiger partial charge is 0.326 e. The fourth-order valence-corrected chi connectivity index (χ4v) is 2.45. The Morgan fingerprint density at radius 1 is 1.35 bits per heavy atom. The van der Waals surface area contributed by atoms with Gasteiger partial charge in [-0.15, -0.1) is 0 Å². The number of carbonyl (C=O) groups excluding carboxylic acids is 1. The predicted octanol–water partition coefficient (Wildman–Crippen LogP) is 2.34. The van der Waals surface area contributed by atoms with Gasteiger partial charge in [-0.1, -0.05) is 25.4 Å². The van der Waals surface area contributed by atoms with Crippen LogP contribution in [0.5, 0.6) is 0 Å². The van der Waals surface area contributed by atoms with Gasteiger partial charge in [-0.3, -0.25) is 4.79 Å². The first-order chi connectivity index (χ1) is 7.71. The van der Waals surface area contributed by atoms with Crippen molar-refractivity contribution in [2.24, 2.45) is 5.92 Å². The number of nitrogens with one attached hydrogen (secondary N) is 1. The molecule has 0 aliphatic carbocycles. The molecule has 1 N–H and O–H groups in total. The predicted molar refractivity (Wildman–Crippen MR) is 68.0 cm³/mol. The highest BCUT2D eigenvalue weighted by molar-refractivity contribution is 7.90. The molecule has 0 aromatic heterocycles. The Morgan fingerprint density at radius 2 is 1.94 bits per heavy atom. The van der Waals surface area contributed by atoms with Crippen LogP contribution >= 0.6 is 11.6 Å². The maximum atomic E-state index is 11.5. The Labute approximate surface area is 106 Å². The summed E-state index contributed by atoms with van der Waals surface area (Å²) >= 11 is 5.79. The molecule has 94 valence electrons. The van der Waals surface area contributed by atoms with Crippen LogP contribution in [-0.2, 0) is 14.6 Å². The van der Waals surface area contributed by atoms with E-state index in [1.165, 1.54) is 12.1 Å². The third-order valence-electron chi connectivity index (χ3n) is 2.12. The highest BCUT2D eigenvalue weighted by Crippen LogP contribution is 2.25. The minimum absolute atomic E-state index is 0.0146. The number of benzene rings is 1. The van der Waals surface area contributed by atoms with Crippen LogP contribution in [0, 0.1) is 5.92 Å². The molecule has 0 aliphatic rings. The summed E-state index contributed by atoms with van der Waals surface area (Å²) in [6.45, 7) is 3.51. The summed E-state index contributed by atoms with van der Waals surface area (Å²) in [5.41, 5.74) is 0.425. The quantitative estimate of drug-likeness (QED) is 0.921. The van der Waals surface area contributed by atoms with E-state index in [4.69, 9.17) is 11.6 Å². The van der Waals surface area contributed by atoms with Crippen molar-refractivity contribution in [3.8, 4) is 0 Å². The average molecular weight is 276 g/mol. The van der Waals surface area contributed by atoms with Crippen LogP contribution in [0.25, 0.3) is 0 Å². The van der Waals surface area contributed by atoms with E-state index in [0.717, 1.165) is 6.26 Å². The zero-order valence-corrected chi connectivity index (χ0v) is 11.4. The molecular weight excluding hydrogens is 262 g/mol. The second kappa shape index (κ2) is 5.06. The third kappa shape index (κ3) is 3.71. The molecule has 0 unspecified atom stereocenters. The number of anilines is 1. The molecule has 0 saturated heterocycles. The lowest BCUT2D eigenvalue weighted by Crippen LogP contribution is -2.17. The van der Waals surface area contributed by atoms with E-state index in [2.05, 4.69) is 5.32 Å². The van der Waals surface area contributed by atoms with Crippen molar-refractivity contribution in [3.63, 3.8) is 0 Å². The topological polar surface area (TPSA) is 63.2 Å². The summed E-state index contributed by atoms with van der Waals surface area (Å²) in [5.74, 6) is -0.348. The highest BCUT2D eigenvalue weighted by atomic mass is 35.5. The first-order valence-electron chi connectivity index (χ1n) is 5.02. The minimum Gasteiger partial charge on any atom is -0.326 e. The van der Waals surface area contributed by atoms with Crippen molar-refractivity contribution in [1.82, 2.24) is 0 Å². The van der Waals surface area contributed by atoms with Gasteiger partial charge < -0.3 is 5.32 Å². The molecule has 1 rings (SSSR count). The van der Waals surface area contributed by atoms with Crippen molar-refractivity contribution in [2.75, 3.05) is 11.6 Å². The Bertz CT molecular complexity index is 538. The maximum absolute atomic E-state index is 11.5. The van der Waals surface area contributed by atoms with E-state index in [9.17, 15) is 13.2 Å². The second-order valence-electron chi connectivity index (χ2n) is 4.06. The molecule has 0 radical (unpaired) electrons. The molecule has 0 fully saturated rings. The van der Waals surface area contributed by atoms with Gasteiger partial charge in [-0.2, -0.15) is 0 Å². The van der Waals surface area contributed by atoms with E-state index >= 15 is 0 Å². The average Bonchev–Trinajstić information content (AvgIpc) is 2.19. The normalized spacial score (nSPS) is 11.6. The van der Waals surface area contributed by atoms with Gasteiger partial charge in [0.05, 0.1) is 9.92 Å². The summed E-state index contributed by atoms with van der Waals surface area (Å²) in [5, 5.41) is 2.77. The van der Waals surface area contributed by atoms with Gasteiger partial charge in [0.15, 0.2) is 9.84 Å². The molecule has 4 nitrogen and oxygen atoms in total. The zero-order chi connectivity index (χ0) is 13.2. The number of hydrogen-bond donors (Lipinski definition) is 1. The van der Waals surface area contributed by atoms with Crippen LogP contribution in [0.3, 0.4) is 0 Å². The molecule has 0 aliphatic heterocycles. The summed E-state index contributed by atoms with van der Waals surface area (Å²) in [6.07, 6.45) is 1.07. The van der Waals surface area contributed by atoms with Crippen LogP contribution in [0.4, 0.5) is 5.69 Å². The van der Waals surface area contributed by atoms with Crippen LogP contribution in [-0.4, -0.2) is 20.6 Å². The van der Waals surface area contributed by atoms with Crippen LogP contribution < -0.4 is 5.32 Å². The molecule has 1 aromatic carbocycles. The Kier molecular flexibility index (Phi) is 4.16. The summed E-state index contributed by atoms with van der Waals surface area (Å²) in [6, 6.07) is 4.38. The molecule has 6 heteroatoms. The van der Waals surface area contributed by atoms with Gasteiger partial charge in [0, 0.05) is 17.9 Å². The number of sulfone groups is 1. The van der Waals surface area contributed by atoms with E-state index in [1.807, 2.05) is 0 Å². The molecule has 1 aromatic rings. The monoisotopic (exact) mass is 275 g/mol. The number of rotatable bonds is 3. The molecule has 0 spiro atoms. The van der Waals surface area contributed by atoms with Crippen molar-refractivity contribution in [1.29, 1.82) is 0 Å². The smallest absolute Gasteiger partial charge is 0.226 e. The van der Waals surface area contributed by atoms with E-state index < -0.39 is 9.84 Å². The fourth-order valence-electron chi connectivity index (χ4n) is 1.15. The van der Waals surface area contributed by atoms with Crippen molar-refractivity contribution >= 4 is 33.0 Å². The van der Waals surface area contributed by atoms with Crippen LogP contribution in [0.2, 0.25) is 5.02 Å². The summed E-state index contributed by atoms with van der Waals surface area (Å²) < 4.78 is 22.9. The molecule has 17 heavy (non-hydrogen) atoms. The van der Waals surface area contributed by atoms with Crippen molar-refractivity contribution < 1.29 is 13.2 Å². The number of carbonyl (C=O) groups is 1. The highest BCUT2D eigenvalue weighted by Gasteiger charge is 2.14. The second-order valence-corrected chi connectivity index (χ2v) is 6.45. The fraction of sp³-hybridized carbons (Fsp3) is 0.364. The van der Waals surface area contributed by atoms with Crippen molar-refractivity contribution in [2.45, 2.75) is 18.7 Å². The Hall–Kier alpha value is -1.07. The molecule has 0 heterocycles. The lowest BCUT2D eigenvalue weighted by Gasteiger charge is -2.09. The lowest BCUT2D eigenvalue weighted by atomic mass is 10.2. The van der Waals surface area contributed by atoms with Gasteiger partial charge in [0.2, 0.25) is 5.91 Å². The molecule has 1 amide bonds. The summed E-state index contributed by atoms with van der Waals surface area (Å²) in [4.78, 5) is 11.5. The number of amides is 1. The number of halogens is 1. The van der Waals surface area contributed by atoms with Gasteiger partial charge in [-0.05, 0) is 18.2 Å². The third-order valence-corrected chi connectivity index (χ3v) is 3.70. The summed E-state index contributed by atoms with van der Waals surface area (Å²) in [7, 11) is -3.40. The molecule has 0 saturated carbocycles. The Morgan fingerprint density at radius 3 is 2.41 bits per heavy atom. The van der Waals surface area contributed by atoms with Gasteiger partial charge in [0.25, 0.3) is 0 Å². The van der Waals surface area contributed by atoms with E-state index in [1.54, 1.807) is 19.9 Å². The van der Waals surface area contributed by atoms with Gasteiger partial charge >= 0.3 is 0 Å². The standard InChI is InChI=1S/C11H14ClNO3S/c1-7(2)11(14)13-8-4-5-9(12)10(6-8)17(3,15)16/h4-7H,1-3H3,(H,13,14). The van der Waals surface area contributed by atoms with Crippen LogP contribution in [0.15, 0.2) is 23.1 Å². The maximum Gasteiger partial charge on any atom is 0.226 e. The SMILES string of the molecule is CC(C)C(=O)Nc1ccc(Cl)c(S(C)(=O)=O)c1. The van der Waals surface area contributed by atoms with Crippen LogP contribution in [0.1, 0.15) is 13.8 Å². The molecular formula is C11H14ClNO3S. The van der Waals surface area contributed by atoms with Gasteiger partial charge in [0.1, 0.15) is 0 Å². The molecule has 0 bridgehead atoms. The minimum atomic E-state index is -3.40.